The van der Waals surface area contributed by atoms with Gasteiger partial charge in [-0.1, -0.05) is 18.2 Å². The van der Waals surface area contributed by atoms with Crippen LogP contribution in [-0.4, -0.2) is 17.7 Å². The molecule has 0 radical (unpaired) electrons. The summed E-state index contributed by atoms with van der Waals surface area (Å²) in [5.74, 6) is 0.220. The normalized spacial score (nSPS) is 10.0. The number of hydrogen-bond donors (Lipinski definition) is 1. The number of anilines is 1. The lowest BCUT2D eigenvalue weighted by molar-refractivity contribution is 0.0854. The number of hydroxylamine groups is 1. The Kier molecular flexibility index (Phi) is 4.15. The summed E-state index contributed by atoms with van der Waals surface area (Å²) in [5, 5.41) is 10.5. The lowest BCUT2D eigenvalue weighted by Gasteiger charge is -2.15. The van der Waals surface area contributed by atoms with Crippen molar-refractivity contribution in [2.75, 3.05) is 11.7 Å². The molecule has 4 nitrogen and oxygen atoms in total. The molecule has 0 aliphatic heterocycles. The van der Waals surface area contributed by atoms with E-state index in [9.17, 15) is 10.0 Å². The van der Waals surface area contributed by atoms with Gasteiger partial charge >= 0.3 is 0 Å². The van der Waals surface area contributed by atoms with Gasteiger partial charge in [0.15, 0.2) is 0 Å². The summed E-state index contributed by atoms with van der Waals surface area (Å²) in [7, 11) is 0. The number of carbonyl (C=O) groups excluding carboxylic acids is 1. The van der Waals surface area contributed by atoms with Crippen LogP contribution in [0.3, 0.4) is 0 Å². The zero-order valence-corrected chi connectivity index (χ0v) is 10.6. The van der Waals surface area contributed by atoms with E-state index in [1.807, 2.05) is 13.0 Å². The monoisotopic (exact) mass is 257 g/mol. The molecule has 1 amide bonds. The predicted octanol–water partition coefficient (Wildman–Crippen LogP) is 3.12. The molecule has 0 heterocycles. The van der Waals surface area contributed by atoms with E-state index in [0.717, 1.165) is 0 Å². The molecule has 0 saturated heterocycles. The Morgan fingerprint density at radius 1 is 1.11 bits per heavy atom. The molecule has 98 valence electrons. The van der Waals surface area contributed by atoms with Crippen LogP contribution in [-0.2, 0) is 0 Å². The van der Waals surface area contributed by atoms with Gasteiger partial charge in [0, 0.05) is 5.56 Å². The molecule has 2 aromatic rings. The van der Waals surface area contributed by atoms with Gasteiger partial charge in [0.05, 0.1) is 12.3 Å². The van der Waals surface area contributed by atoms with Crippen LogP contribution >= 0.6 is 0 Å². The van der Waals surface area contributed by atoms with Crippen molar-refractivity contribution in [3.63, 3.8) is 0 Å². The highest BCUT2D eigenvalue weighted by Gasteiger charge is 2.15. The van der Waals surface area contributed by atoms with Crippen molar-refractivity contribution in [2.24, 2.45) is 0 Å². The first kappa shape index (κ1) is 13.1. The molecule has 0 aromatic heterocycles. The molecule has 0 aliphatic rings. The number of benzene rings is 2. The predicted molar refractivity (Wildman–Crippen MR) is 72.6 cm³/mol. The fourth-order valence-corrected chi connectivity index (χ4v) is 1.67. The third kappa shape index (κ3) is 3.11. The Bertz CT molecular complexity index is 537. The number of hydrogen-bond acceptors (Lipinski definition) is 3. The first-order valence-corrected chi connectivity index (χ1v) is 6.03. The van der Waals surface area contributed by atoms with Crippen LogP contribution in [0, 0.1) is 0 Å². The fourth-order valence-electron chi connectivity index (χ4n) is 1.67. The molecular weight excluding hydrogens is 242 g/mol. The minimum atomic E-state index is -0.478. The van der Waals surface area contributed by atoms with Crippen molar-refractivity contribution in [2.45, 2.75) is 6.92 Å². The third-order valence-electron chi connectivity index (χ3n) is 2.61. The Morgan fingerprint density at radius 3 is 2.32 bits per heavy atom. The van der Waals surface area contributed by atoms with E-state index >= 15 is 0 Å². The number of ether oxygens (including phenoxy) is 1. The first-order chi connectivity index (χ1) is 9.22. The summed E-state index contributed by atoms with van der Waals surface area (Å²) >= 11 is 0. The maximum absolute atomic E-state index is 12.0. The molecule has 2 aromatic carbocycles. The number of carbonyl (C=O) groups is 1. The maximum Gasteiger partial charge on any atom is 0.281 e. The van der Waals surface area contributed by atoms with Gasteiger partial charge in [-0.3, -0.25) is 10.0 Å². The lowest BCUT2D eigenvalue weighted by Crippen LogP contribution is -2.26. The minimum Gasteiger partial charge on any atom is -0.494 e. The highest BCUT2D eigenvalue weighted by atomic mass is 16.5. The van der Waals surface area contributed by atoms with Crippen molar-refractivity contribution in [3.05, 3.63) is 60.2 Å². The molecule has 0 fully saturated rings. The summed E-state index contributed by atoms with van der Waals surface area (Å²) in [5.41, 5.74) is 0.830. The topological polar surface area (TPSA) is 49.8 Å². The Labute approximate surface area is 111 Å². The largest absolute Gasteiger partial charge is 0.494 e. The molecule has 0 saturated carbocycles. The van der Waals surface area contributed by atoms with Gasteiger partial charge in [-0.25, -0.2) is 0 Å². The Hall–Kier alpha value is -2.33. The molecule has 2 rings (SSSR count). The van der Waals surface area contributed by atoms with Crippen LogP contribution in [0.2, 0.25) is 0 Å². The zero-order valence-electron chi connectivity index (χ0n) is 10.6. The van der Waals surface area contributed by atoms with Crippen LogP contribution in [0.5, 0.6) is 5.75 Å². The van der Waals surface area contributed by atoms with E-state index in [2.05, 4.69) is 0 Å². The smallest absolute Gasteiger partial charge is 0.281 e. The summed E-state index contributed by atoms with van der Waals surface area (Å²) in [6.45, 7) is 2.47. The molecule has 1 N–H and O–H groups in total. The van der Waals surface area contributed by atoms with Gasteiger partial charge in [0.1, 0.15) is 5.75 Å². The van der Waals surface area contributed by atoms with Crippen molar-refractivity contribution in [3.8, 4) is 5.75 Å². The second kappa shape index (κ2) is 6.02. The van der Waals surface area contributed by atoms with Crippen LogP contribution in [0.1, 0.15) is 17.3 Å². The van der Waals surface area contributed by atoms with E-state index in [1.165, 1.54) is 0 Å². The Balaban J connectivity index is 2.15. The van der Waals surface area contributed by atoms with Gasteiger partial charge in [0.2, 0.25) is 0 Å². The molecule has 0 spiro atoms. The summed E-state index contributed by atoms with van der Waals surface area (Å²) in [6, 6.07) is 15.3. The van der Waals surface area contributed by atoms with Crippen LogP contribution in [0.4, 0.5) is 5.69 Å². The van der Waals surface area contributed by atoms with Crippen LogP contribution in [0.15, 0.2) is 54.6 Å². The average Bonchev–Trinajstić information content (AvgIpc) is 2.48. The van der Waals surface area contributed by atoms with E-state index in [0.29, 0.717) is 28.7 Å². The van der Waals surface area contributed by atoms with Gasteiger partial charge in [-0.05, 0) is 43.3 Å². The summed E-state index contributed by atoms with van der Waals surface area (Å²) < 4.78 is 5.30. The van der Waals surface area contributed by atoms with E-state index in [-0.39, 0.29) is 0 Å². The van der Waals surface area contributed by atoms with E-state index in [4.69, 9.17) is 4.74 Å². The molecule has 0 bridgehead atoms. The molecule has 0 aliphatic carbocycles. The minimum absolute atomic E-state index is 0.398. The van der Waals surface area contributed by atoms with Crippen molar-refractivity contribution in [1.82, 2.24) is 0 Å². The van der Waals surface area contributed by atoms with E-state index in [1.54, 1.807) is 48.5 Å². The third-order valence-corrected chi connectivity index (χ3v) is 2.61. The fraction of sp³-hybridized carbons (Fsp3) is 0.133. The zero-order chi connectivity index (χ0) is 13.7. The average molecular weight is 257 g/mol. The van der Waals surface area contributed by atoms with E-state index < -0.39 is 5.91 Å². The van der Waals surface area contributed by atoms with Crippen LogP contribution < -0.4 is 9.80 Å². The number of para-hydroxylation sites is 1. The molecular formula is C15H15NO3. The van der Waals surface area contributed by atoms with Crippen molar-refractivity contribution < 1.29 is 14.7 Å². The number of amides is 1. The molecule has 0 atom stereocenters. The second-order valence-electron chi connectivity index (χ2n) is 3.91. The first-order valence-electron chi connectivity index (χ1n) is 6.03. The van der Waals surface area contributed by atoms with Gasteiger partial charge in [0.25, 0.3) is 5.91 Å². The summed E-state index contributed by atoms with van der Waals surface area (Å²) in [6.07, 6.45) is 0. The van der Waals surface area contributed by atoms with Gasteiger partial charge in [-0.2, -0.15) is 5.06 Å². The van der Waals surface area contributed by atoms with Crippen molar-refractivity contribution in [1.29, 1.82) is 0 Å². The molecule has 4 heteroatoms. The van der Waals surface area contributed by atoms with Gasteiger partial charge < -0.3 is 4.74 Å². The molecule has 0 unspecified atom stereocenters. The molecule has 19 heavy (non-hydrogen) atoms. The van der Waals surface area contributed by atoms with Crippen molar-refractivity contribution >= 4 is 11.6 Å². The lowest BCUT2D eigenvalue weighted by atomic mass is 10.2. The standard InChI is InChI=1S/C15H15NO3/c1-2-19-14-10-8-12(9-11-14)15(17)16(18)13-6-4-3-5-7-13/h3-11,18H,2H2,1H3. The summed E-state index contributed by atoms with van der Waals surface area (Å²) in [4.78, 5) is 12.0. The quantitative estimate of drug-likeness (QED) is 0.676. The highest BCUT2D eigenvalue weighted by molar-refractivity contribution is 6.04. The second-order valence-corrected chi connectivity index (χ2v) is 3.91. The maximum atomic E-state index is 12.0. The highest BCUT2D eigenvalue weighted by Crippen LogP contribution is 2.17. The number of nitrogens with zero attached hydrogens (tertiary/aromatic N) is 1. The van der Waals surface area contributed by atoms with Gasteiger partial charge in [-0.15, -0.1) is 0 Å². The SMILES string of the molecule is CCOc1ccc(C(=O)N(O)c2ccccc2)cc1. The Morgan fingerprint density at radius 2 is 1.74 bits per heavy atom. The number of rotatable bonds is 4. The van der Waals surface area contributed by atoms with Crippen LogP contribution in [0.25, 0.3) is 0 Å².